The van der Waals surface area contributed by atoms with Crippen molar-refractivity contribution in [3.63, 3.8) is 0 Å². The summed E-state index contributed by atoms with van der Waals surface area (Å²) in [4.78, 5) is 5.72. The van der Waals surface area contributed by atoms with Crippen molar-refractivity contribution in [2.45, 2.75) is 26.6 Å². The lowest BCUT2D eigenvalue weighted by molar-refractivity contribution is 1.44. The summed E-state index contributed by atoms with van der Waals surface area (Å²) in [5.41, 5.74) is 6.33. The molecule has 0 saturated carbocycles. The minimum absolute atomic E-state index is 0.761. The van der Waals surface area contributed by atoms with Crippen molar-refractivity contribution < 1.29 is 0 Å². The number of benzene rings is 1. The Balaban J connectivity index is 2.44. The first kappa shape index (κ1) is 16.0. The van der Waals surface area contributed by atoms with Gasteiger partial charge in [-0.3, -0.25) is 0 Å². The molecule has 0 bridgehead atoms. The zero-order valence-corrected chi connectivity index (χ0v) is 15.3. The Morgan fingerprint density at radius 1 is 1.10 bits per heavy atom. The highest BCUT2D eigenvalue weighted by molar-refractivity contribution is 7.18. The predicted octanol–water partition coefficient (Wildman–Crippen LogP) is 5.71. The minimum atomic E-state index is -1.44. The third kappa shape index (κ3) is 5.17. The van der Waals surface area contributed by atoms with E-state index in [0.29, 0.717) is 0 Å². The molecule has 2 rings (SSSR count). The van der Waals surface area contributed by atoms with E-state index in [1.807, 2.05) is 24.3 Å². The Kier molecular flexibility index (Phi) is 5.05. The van der Waals surface area contributed by atoms with Crippen LogP contribution in [0.3, 0.4) is 0 Å². The zero-order chi connectivity index (χ0) is 15.5. The van der Waals surface area contributed by atoms with E-state index < -0.39 is 8.07 Å². The van der Waals surface area contributed by atoms with Gasteiger partial charge in [0, 0.05) is 0 Å². The molecule has 0 saturated heterocycles. The van der Waals surface area contributed by atoms with Crippen LogP contribution in [0.4, 0.5) is 5.69 Å². The van der Waals surface area contributed by atoms with Gasteiger partial charge in [0.2, 0.25) is 0 Å². The van der Waals surface area contributed by atoms with Gasteiger partial charge < -0.3 is 0 Å². The van der Waals surface area contributed by atoms with Crippen molar-refractivity contribution in [2.24, 2.45) is 4.99 Å². The maximum atomic E-state index is 6.04. The average molecular weight is 332 g/mol. The fraction of sp³-hybridized carbons (Fsp3) is 0.235. The molecule has 0 spiro atoms. The number of aryl methyl sites for hydroxylation is 1. The summed E-state index contributed by atoms with van der Waals surface area (Å²) in [6.07, 6.45) is 0. The molecular formula is C17H18ClNSSi. The molecule has 2 aromatic rings. The van der Waals surface area contributed by atoms with Crippen molar-refractivity contribution >= 4 is 42.4 Å². The Hall–Kier alpha value is -1.34. The molecule has 0 atom stereocenters. The molecule has 0 N–H and O–H groups in total. The van der Waals surface area contributed by atoms with Gasteiger partial charge in [-0.2, -0.15) is 0 Å². The second-order valence-corrected chi connectivity index (χ2v) is 12.4. The van der Waals surface area contributed by atoms with Crippen LogP contribution >= 0.6 is 22.9 Å². The topological polar surface area (TPSA) is 12.4 Å². The van der Waals surface area contributed by atoms with Crippen LogP contribution in [0.2, 0.25) is 24.0 Å². The molecule has 1 aromatic heterocycles. The van der Waals surface area contributed by atoms with Crippen LogP contribution in [0.1, 0.15) is 10.4 Å². The number of hydrogen-bond donors (Lipinski definition) is 0. The Morgan fingerprint density at radius 2 is 1.76 bits per heavy atom. The lowest BCUT2D eigenvalue weighted by atomic mass is 10.2. The van der Waals surface area contributed by atoms with Crippen LogP contribution in [0, 0.1) is 18.4 Å². The number of hydrogen-bond acceptors (Lipinski definition) is 2. The largest absolute Gasteiger partial charge is 0.238 e. The molecule has 0 radical (unpaired) electrons. The summed E-state index contributed by atoms with van der Waals surface area (Å²) < 4.78 is 0.761. The molecule has 0 fully saturated rings. The molecule has 108 valence electrons. The third-order valence-electron chi connectivity index (χ3n) is 2.64. The van der Waals surface area contributed by atoms with Gasteiger partial charge in [-0.25, -0.2) is 4.99 Å². The van der Waals surface area contributed by atoms with Crippen molar-refractivity contribution in [2.75, 3.05) is 0 Å². The number of aliphatic imine (C=N–C) groups is 1. The second-order valence-electron chi connectivity index (χ2n) is 5.90. The summed E-state index contributed by atoms with van der Waals surface area (Å²) >= 11 is 7.56. The van der Waals surface area contributed by atoms with Crippen molar-refractivity contribution in [3.05, 3.63) is 51.2 Å². The number of thiophene rings is 1. The van der Waals surface area contributed by atoms with Gasteiger partial charge >= 0.3 is 0 Å². The Morgan fingerprint density at radius 3 is 2.29 bits per heavy atom. The molecule has 0 amide bonds. The van der Waals surface area contributed by atoms with E-state index >= 15 is 0 Å². The monoisotopic (exact) mass is 331 g/mol. The van der Waals surface area contributed by atoms with Gasteiger partial charge in [0.05, 0.1) is 14.9 Å². The second kappa shape index (κ2) is 6.61. The predicted molar refractivity (Wildman–Crippen MR) is 97.8 cm³/mol. The molecule has 4 heteroatoms. The lowest BCUT2D eigenvalue weighted by Gasteiger charge is -2.04. The van der Waals surface area contributed by atoms with Crippen LogP contribution in [-0.4, -0.2) is 13.8 Å². The molecular weight excluding hydrogens is 314 g/mol. The van der Waals surface area contributed by atoms with Crippen molar-refractivity contribution in [1.82, 2.24) is 0 Å². The molecule has 21 heavy (non-hydrogen) atoms. The number of nitrogens with zero attached hydrogens (tertiary/aromatic N) is 1. The molecule has 0 aliphatic rings. The van der Waals surface area contributed by atoms with E-state index in [2.05, 4.69) is 50.2 Å². The quantitative estimate of drug-likeness (QED) is 0.379. The van der Waals surface area contributed by atoms with E-state index in [9.17, 15) is 0 Å². The SMILES string of the molecule is Cc1ccc(N=C(C#C[Si](C)(C)C)c2ccc(Cl)s2)cc1. The van der Waals surface area contributed by atoms with Crippen LogP contribution in [0.15, 0.2) is 41.4 Å². The van der Waals surface area contributed by atoms with Gasteiger partial charge in [-0.05, 0) is 31.2 Å². The van der Waals surface area contributed by atoms with Crippen LogP contribution < -0.4 is 0 Å². The van der Waals surface area contributed by atoms with Crippen LogP contribution in [-0.2, 0) is 0 Å². The first-order valence-corrected chi connectivity index (χ1v) is 11.5. The standard InChI is InChI=1S/C17H18ClNSSi/c1-13-5-7-14(8-6-13)19-15(11-12-21(2,3)4)16-9-10-17(18)20-16/h5-10H,1-4H3. The Bertz CT molecular complexity index is 712. The Labute approximate surface area is 136 Å². The highest BCUT2D eigenvalue weighted by Gasteiger charge is 2.10. The zero-order valence-electron chi connectivity index (χ0n) is 12.7. The van der Waals surface area contributed by atoms with Crippen LogP contribution in [0.25, 0.3) is 0 Å². The summed E-state index contributed by atoms with van der Waals surface area (Å²) in [5, 5.41) is 0. The molecule has 0 unspecified atom stereocenters. The summed E-state index contributed by atoms with van der Waals surface area (Å²) in [5.74, 6) is 3.27. The molecule has 1 heterocycles. The maximum absolute atomic E-state index is 6.04. The van der Waals surface area contributed by atoms with E-state index in [0.717, 1.165) is 20.6 Å². The summed E-state index contributed by atoms with van der Waals surface area (Å²) in [6, 6.07) is 12.0. The van der Waals surface area contributed by atoms with Gasteiger partial charge in [0.25, 0.3) is 0 Å². The van der Waals surface area contributed by atoms with Crippen molar-refractivity contribution in [1.29, 1.82) is 0 Å². The first-order chi connectivity index (χ1) is 9.83. The maximum Gasteiger partial charge on any atom is 0.130 e. The summed E-state index contributed by atoms with van der Waals surface area (Å²) in [7, 11) is -1.44. The van der Waals surface area contributed by atoms with E-state index in [-0.39, 0.29) is 0 Å². The van der Waals surface area contributed by atoms with Gasteiger partial charge in [0.1, 0.15) is 13.8 Å². The number of halogens is 1. The number of rotatable bonds is 2. The van der Waals surface area contributed by atoms with Gasteiger partial charge in [0.15, 0.2) is 0 Å². The fourth-order valence-electron chi connectivity index (χ4n) is 1.58. The molecule has 0 aliphatic carbocycles. The summed E-state index contributed by atoms with van der Waals surface area (Å²) in [6.45, 7) is 8.75. The van der Waals surface area contributed by atoms with Gasteiger partial charge in [-0.1, -0.05) is 54.9 Å². The van der Waals surface area contributed by atoms with E-state index in [1.54, 1.807) is 0 Å². The highest BCUT2D eigenvalue weighted by Crippen LogP contribution is 2.24. The normalized spacial score (nSPS) is 12.0. The molecule has 1 aromatic carbocycles. The first-order valence-electron chi connectivity index (χ1n) is 6.78. The van der Waals surface area contributed by atoms with E-state index in [1.165, 1.54) is 16.9 Å². The fourth-order valence-corrected chi connectivity index (χ4v) is 3.06. The average Bonchev–Trinajstić information content (AvgIpc) is 2.82. The lowest BCUT2D eigenvalue weighted by Crippen LogP contribution is -2.17. The molecule has 0 aliphatic heterocycles. The molecule has 1 nitrogen and oxygen atoms in total. The van der Waals surface area contributed by atoms with Gasteiger partial charge in [-0.15, -0.1) is 16.9 Å². The smallest absolute Gasteiger partial charge is 0.130 e. The minimum Gasteiger partial charge on any atom is -0.238 e. The van der Waals surface area contributed by atoms with Crippen LogP contribution in [0.5, 0.6) is 0 Å². The highest BCUT2D eigenvalue weighted by atomic mass is 35.5. The van der Waals surface area contributed by atoms with Crippen molar-refractivity contribution in [3.8, 4) is 11.5 Å². The van der Waals surface area contributed by atoms with E-state index in [4.69, 9.17) is 16.6 Å². The third-order valence-corrected chi connectivity index (χ3v) is 4.75.